The van der Waals surface area contributed by atoms with Crippen LogP contribution in [-0.2, 0) is 27.0 Å². The number of carbonyl (C=O) groups excluding carboxylic acids is 1. The summed E-state index contributed by atoms with van der Waals surface area (Å²) in [6.07, 6.45) is -6.82. The Kier molecular flexibility index (Phi) is 6.50. The summed E-state index contributed by atoms with van der Waals surface area (Å²) in [7, 11) is -3.30. The van der Waals surface area contributed by atoms with Crippen LogP contribution in [0, 0.1) is 0 Å². The zero-order chi connectivity index (χ0) is 23.0. The van der Waals surface area contributed by atoms with Gasteiger partial charge in [-0.15, -0.1) is 0 Å². The molecule has 1 saturated heterocycles. The summed E-state index contributed by atoms with van der Waals surface area (Å²) in [5, 5.41) is 0. The fourth-order valence-corrected chi connectivity index (χ4v) is 5.82. The number of alkyl halides is 6. The standard InChI is InChI=1S/C19H21F6NO4S/c20-18(21,22)12-7-13(19(23,24)25)9-16(8-12)30-10-17(27)26(14-3-1-2-4-14)15-5-6-31(28,29)11-15/h7-9,14-15H,1-6,10-11H2. The van der Waals surface area contributed by atoms with Gasteiger partial charge in [0.25, 0.3) is 5.91 Å². The monoisotopic (exact) mass is 473 g/mol. The van der Waals surface area contributed by atoms with Gasteiger partial charge in [-0.2, -0.15) is 26.3 Å². The molecule has 0 radical (unpaired) electrons. The lowest BCUT2D eigenvalue weighted by Crippen LogP contribution is -2.48. The number of benzene rings is 1. The highest BCUT2D eigenvalue weighted by Crippen LogP contribution is 2.38. The molecule has 0 spiro atoms. The highest BCUT2D eigenvalue weighted by atomic mass is 32.2. The van der Waals surface area contributed by atoms with Crippen molar-refractivity contribution in [3.8, 4) is 5.75 Å². The molecular weight excluding hydrogens is 452 g/mol. The molecule has 174 valence electrons. The van der Waals surface area contributed by atoms with Crippen LogP contribution in [0.1, 0.15) is 43.2 Å². The number of nitrogens with zero attached hydrogens (tertiary/aromatic N) is 1. The smallest absolute Gasteiger partial charge is 0.416 e. The van der Waals surface area contributed by atoms with Crippen LogP contribution in [0.3, 0.4) is 0 Å². The second-order valence-corrected chi connectivity index (χ2v) is 10.1. The van der Waals surface area contributed by atoms with E-state index in [1.165, 1.54) is 4.90 Å². The second kappa shape index (κ2) is 8.51. The Balaban J connectivity index is 1.80. The minimum absolute atomic E-state index is 0.0249. The maximum Gasteiger partial charge on any atom is 0.416 e. The SMILES string of the molecule is O=C(COc1cc(C(F)(F)F)cc(C(F)(F)F)c1)N(C1CCCC1)C1CCS(=O)(=O)C1. The van der Waals surface area contributed by atoms with Crippen molar-refractivity contribution in [2.75, 3.05) is 18.1 Å². The molecule has 1 aromatic rings. The molecule has 1 unspecified atom stereocenters. The normalized spacial score (nSPS) is 21.9. The third kappa shape index (κ3) is 5.83. The Morgan fingerprint density at radius 1 is 0.935 bits per heavy atom. The van der Waals surface area contributed by atoms with Crippen molar-refractivity contribution in [1.29, 1.82) is 0 Å². The van der Waals surface area contributed by atoms with Gasteiger partial charge in [0.15, 0.2) is 16.4 Å². The number of halogens is 6. The van der Waals surface area contributed by atoms with Gasteiger partial charge in [0.05, 0.1) is 22.6 Å². The number of sulfone groups is 1. The van der Waals surface area contributed by atoms with E-state index in [0.717, 1.165) is 12.8 Å². The summed E-state index contributed by atoms with van der Waals surface area (Å²) in [5.41, 5.74) is -3.08. The molecule has 12 heteroatoms. The van der Waals surface area contributed by atoms with Crippen LogP contribution < -0.4 is 4.74 Å². The van der Waals surface area contributed by atoms with Gasteiger partial charge in [-0.3, -0.25) is 4.79 Å². The van der Waals surface area contributed by atoms with Crippen molar-refractivity contribution in [3.05, 3.63) is 29.3 Å². The summed E-state index contributed by atoms with van der Waals surface area (Å²) in [5.74, 6) is -1.67. The van der Waals surface area contributed by atoms with Gasteiger partial charge in [0.1, 0.15) is 5.75 Å². The molecule has 1 heterocycles. The summed E-state index contributed by atoms with van der Waals surface area (Å²) >= 11 is 0. The predicted molar refractivity (Wildman–Crippen MR) is 98.1 cm³/mol. The first-order chi connectivity index (χ1) is 14.3. The molecule has 1 aliphatic heterocycles. The number of hydrogen-bond acceptors (Lipinski definition) is 4. The maximum absolute atomic E-state index is 13.0. The quantitative estimate of drug-likeness (QED) is 0.606. The summed E-state index contributed by atoms with van der Waals surface area (Å²) < 4.78 is 107. The Labute approximate surface area is 175 Å². The van der Waals surface area contributed by atoms with E-state index >= 15 is 0 Å². The number of amides is 1. The minimum Gasteiger partial charge on any atom is -0.484 e. The Morgan fingerprint density at radius 3 is 1.94 bits per heavy atom. The van der Waals surface area contributed by atoms with Gasteiger partial charge in [0, 0.05) is 12.1 Å². The van der Waals surface area contributed by atoms with Gasteiger partial charge in [-0.25, -0.2) is 8.42 Å². The third-order valence-corrected chi connectivity index (χ3v) is 7.28. The van der Waals surface area contributed by atoms with Gasteiger partial charge in [-0.1, -0.05) is 12.8 Å². The zero-order valence-electron chi connectivity index (χ0n) is 16.3. The lowest BCUT2D eigenvalue weighted by molar-refractivity contribution is -0.143. The van der Waals surface area contributed by atoms with E-state index < -0.39 is 57.6 Å². The molecule has 0 aromatic heterocycles. The van der Waals surface area contributed by atoms with Crippen molar-refractivity contribution in [3.63, 3.8) is 0 Å². The molecule has 2 aliphatic rings. The molecule has 1 aromatic carbocycles. The van der Waals surface area contributed by atoms with Crippen molar-refractivity contribution in [1.82, 2.24) is 4.90 Å². The predicted octanol–water partition coefficient (Wildman–Crippen LogP) is 4.06. The minimum atomic E-state index is -5.03. The van der Waals surface area contributed by atoms with Gasteiger partial charge in [0.2, 0.25) is 0 Å². The Hall–Kier alpha value is -1.98. The molecule has 0 bridgehead atoms. The van der Waals surface area contributed by atoms with Crippen LogP contribution in [0.2, 0.25) is 0 Å². The maximum atomic E-state index is 13.0. The van der Waals surface area contributed by atoms with Crippen molar-refractivity contribution >= 4 is 15.7 Å². The van der Waals surface area contributed by atoms with Gasteiger partial charge < -0.3 is 9.64 Å². The first-order valence-electron chi connectivity index (χ1n) is 9.70. The summed E-state index contributed by atoms with van der Waals surface area (Å²) in [6, 6.07) is -0.00790. The van der Waals surface area contributed by atoms with Crippen LogP contribution in [-0.4, -0.2) is 49.4 Å². The zero-order valence-corrected chi connectivity index (χ0v) is 17.1. The highest BCUT2D eigenvalue weighted by Gasteiger charge is 2.40. The van der Waals surface area contributed by atoms with E-state index in [4.69, 9.17) is 4.74 Å². The molecule has 1 aliphatic carbocycles. The molecule has 1 amide bonds. The molecule has 1 saturated carbocycles. The number of carbonyl (C=O) groups is 1. The number of ether oxygens (including phenoxy) is 1. The van der Waals surface area contributed by atoms with Crippen LogP contribution in [0.5, 0.6) is 5.75 Å². The summed E-state index contributed by atoms with van der Waals surface area (Å²) in [6.45, 7) is -0.786. The summed E-state index contributed by atoms with van der Waals surface area (Å²) in [4.78, 5) is 14.2. The van der Waals surface area contributed by atoms with Crippen molar-refractivity contribution < 1.29 is 44.3 Å². The largest absolute Gasteiger partial charge is 0.484 e. The molecule has 5 nitrogen and oxygen atoms in total. The van der Waals surface area contributed by atoms with E-state index in [0.29, 0.717) is 25.0 Å². The van der Waals surface area contributed by atoms with Crippen LogP contribution in [0.4, 0.5) is 26.3 Å². The topological polar surface area (TPSA) is 63.7 Å². The van der Waals surface area contributed by atoms with Gasteiger partial charge in [-0.05, 0) is 37.5 Å². The van der Waals surface area contributed by atoms with E-state index in [2.05, 4.69) is 0 Å². The average Bonchev–Trinajstić information content (AvgIpc) is 3.28. The van der Waals surface area contributed by atoms with Gasteiger partial charge >= 0.3 is 12.4 Å². The molecule has 0 N–H and O–H groups in total. The third-order valence-electron chi connectivity index (χ3n) is 5.53. The van der Waals surface area contributed by atoms with Crippen LogP contribution in [0.15, 0.2) is 18.2 Å². The molecule has 31 heavy (non-hydrogen) atoms. The molecule has 2 fully saturated rings. The number of hydrogen-bond donors (Lipinski definition) is 0. The van der Waals surface area contributed by atoms with E-state index in [1.807, 2.05) is 0 Å². The molecule has 3 rings (SSSR count). The lowest BCUT2D eigenvalue weighted by Gasteiger charge is -2.34. The molecule has 1 atom stereocenters. The number of rotatable bonds is 5. The second-order valence-electron chi connectivity index (χ2n) is 7.83. The van der Waals surface area contributed by atoms with Crippen LogP contribution >= 0.6 is 0 Å². The van der Waals surface area contributed by atoms with E-state index in [-0.39, 0.29) is 30.0 Å². The van der Waals surface area contributed by atoms with E-state index in [9.17, 15) is 39.6 Å². The average molecular weight is 473 g/mol. The van der Waals surface area contributed by atoms with Crippen molar-refractivity contribution in [2.45, 2.75) is 56.5 Å². The Morgan fingerprint density at radius 2 is 1.48 bits per heavy atom. The van der Waals surface area contributed by atoms with Crippen LogP contribution in [0.25, 0.3) is 0 Å². The Bertz CT molecular complexity index is 890. The molecular formula is C19H21F6NO4S. The fraction of sp³-hybridized carbons (Fsp3) is 0.632. The first-order valence-corrected chi connectivity index (χ1v) is 11.5. The van der Waals surface area contributed by atoms with Crippen molar-refractivity contribution in [2.24, 2.45) is 0 Å². The lowest BCUT2D eigenvalue weighted by atomic mass is 10.1. The van der Waals surface area contributed by atoms with E-state index in [1.54, 1.807) is 0 Å². The fourth-order valence-electron chi connectivity index (χ4n) is 4.11. The highest BCUT2D eigenvalue weighted by molar-refractivity contribution is 7.91. The first kappa shape index (κ1) is 23.7.